The summed E-state index contributed by atoms with van der Waals surface area (Å²) in [4.78, 5) is 189. The fourth-order valence-corrected chi connectivity index (χ4v) is 12.5. The van der Waals surface area contributed by atoms with Gasteiger partial charge in [0.15, 0.2) is 33.0 Å². The van der Waals surface area contributed by atoms with E-state index in [9.17, 15) is 99.4 Å². The van der Waals surface area contributed by atoms with Crippen molar-refractivity contribution in [3.05, 3.63) is 344 Å². The highest BCUT2D eigenvalue weighted by Crippen LogP contribution is 2.41. The number of aliphatic hydroxyl groups excluding tert-OH is 1. The largest absolute Gasteiger partial charge is 0.481 e. The van der Waals surface area contributed by atoms with Crippen molar-refractivity contribution in [2.75, 3.05) is 21.3 Å². The first-order valence-corrected chi connectivity index (χ1v) is 43.4. The molecule has 1 unspecified atom stereocenters. The topological polar surface area (TPSA) is 568 Å². The van der Waals surface area contributed by atoms with E-state index in [1.807, 2.05) is 0 Å². The number of anilines is 4. The molecular formula is C92H68Cl8F4N12O29. The van der Waals surface area contributed by atoms with Crippen LogP contribution in [0.2, 0.25) is 40.2 Å². The van der Waals surface area contributed by atoms with Crippen LogP contribution in [0.15, 0.2) is 214 Å². The molecule has 0 saturated heterocycles. The molecule has 754 valence electrons. The van der Waals surface area contributed by atoms with Crippen LogP contribution < -0.4 is 62.5 Å². The average molecular weight is 2170 g/mol. The number of carbonyl (C=O) groups is 12. The molecule has 41 nitrogen and oxygen atoms in total. The SMILES string of the molecule is Cc1cc(F)ccc1Oc1cc(Cl)c(Cl)cc1C(=O)Nc1cnn(COC(=O)/C=C/C(=O)O)c(=O)c1.Cc1cc(F)ccc1Oc1cc(Cl)c(Cl)cc1C(=O)Nc1cnn(COC(=O)/C=C\C(=O)O)c(=O)c1.Cc1cc(F)ccc1Oc1cc(Cl)c(Cl)cc1C(=O)Nc1cnn(COC(=O)C(O)CC(=O)O)c(=O)c1.Cc1cc(F)ccc1Oc1cc(Cl)c(Cl)cc1C(=O)Nc1cnn(COC(=O)CCC(=O)O)c(=O)c1. The van der Waals surface area contributed by atoms with Crippen LogP contribution >= 0.6 is 92.8 Å². The molecule has 0 aliphatic rings. The molecule has 0 spiro atoms. The van der Waals surface area contributed by atoms with Crippen LogP contribution in [0.4, 0.5) is 40.3 Å². The number of amides is 4. The van der Waals surface area contributed by atoms with Gasteiger partial charge in [-0.1, -0.05) is 92.8 Å². The number of carboxylic acids is 4. The molecular weight excluding hydrogens is 2100 g/mol. The number of aliphatic hydroxyl groups is 1. The van der Waals surface area contributed by atoms with Crippen LogP contribution in [0.25, 0.3) is 0 Å². The van der Waals surface area contributed by atoms with Gasteiger partial charge in [0.25, 0.3) is 45.9 Å². The van der Waals surface area contributed by atoms with Gasteiger partial charge in [0.1, 0.15) is 69.3 Å². The first-order valence-electron chi connectivity index (χ1n) is 40.4. The molecule has 4 heterocycles. The first kappa shape index (κ1) is 112. The molecule has 0 aliphatic heterocycles. The number of hydrogen-bond donors (Lipinski definition) is 9. The van der Waals surface area contributed by atoms with Crippen molar-refractivity contribution in [3.63, 3.8) is 0 Å². The Kier molecular flexibility index (Phi) is 40.5. The van der Waals surface area contributed by atoms with Gasteiger partial charge in [0, 0.05) is 72.8 Å². The molecule has 8 aromatic carbocycles. The van der Waals surface area contributed by atoms with Gasteiger partial charge in [-0.2, -0.15) is 39.1 Å². The molecule has 12 aromatic rings. The number of aryl methyl sites for hydroxylation is 4. The summed E-state index contributed by atoms with van der Waals surface area (Å²) in [6, 6.07) is 29.8. The number of carboxylic acid groups (broad SMARTS) is 4. The highest BCUT2D eigenvalue weighted by atomic mass is 35.5. The Bertz CT molecular complexity index is 7200. The van der Waals surface area contributed by atoms with Crippen LogP contribution in [0.1, 0.15) is 82.9 Å². The average Bonchev–Trinajstić information content (AvgIpc) is 0.814. The van der Waals surface area contributed by atoms with E-state index in [-0.39, 0.29) is 138 Å². The zero-order chi connectivity index (χ0) is 106. The van der Waals surface area contributed by atoms with E-state index < -0.39 is 163 Å². The lowest BCUT2D eigenvalue weighted by atomic mass is 10.1. The maximum atomic E-state index is 13.4. The second kappa shape index (κ2) is 52.4. The number of hydrogen-bond acceptors (Lipinski definition) is 29. The molecule has 0 fully saturated rings. The maximum Gasteiger partial charge on any atom is 0.337 e. The predicted molar refractivity (Wildman–Crippen MR) is 510 cm³/mol. The summed E-state index contributed by atoms with van der Waals surface area (Å²) in [5.74, 6) is -12.8. The third-order valence-electron chi connectivity index (χ3n) is 18.2. The number of rotatable bonds is 34. The molecule has 0 bridgehead atoms. The zero-order valence-electron chi connectivity index (χ0n) is 74.1. The third-order valence-corrected chi connectivity index (χ3v) is 21.1. The Morgan fingerprint density at radius 3 is 0.814 bits per heavy atom. The molecule has 0 aliphatic carbocycles. The van der Waals surface area contributed by atoms with E-state index in [1.54, 1.807) is 27.7 Å². The Morgan fingerprint density at radius 2 is 0.579 bits per heavy atom. The minimum Gasteiger partial charge on any atom is -0.481 e. The highest BCUT2D eigenvalue weighted by molar-refractivity contribution is 6.44. The molecule has 145 heavy (non-hydrogen) atoms. The number of nitrogens with one attached hydrogen (secondary N) is 4. The summed E-state index contributed by atoms with van der Waals surface area (Å²) in [6.07, 6.45) is 3.45. The number of benzene rings is 8. The van der Waals surface area contributed by atoms with Gasteiger partial charge in [0.2, 0.25) is 0 Å². The van der Waals surface area contributed by atoms with Crippen LogP contribution in [0, 0.1) is 51.0 Å². The van der Waals surface area contributed by atoms with Gasteiger partial charge in [-0.25, -0.2) is 41.5 Å². The Hall–Kier alpha value is -16.4. The van der Waals surface area contributed by atoms with Gasteiger partial charge in [-0.15, -0.1) is 0 Å². The van der Waals surface area contributed by atoms with Crippen LogP contribution in [-0.2, 0) is 84.2 Å². The van der Waals surface area contributed by atoms with Crippen LogP contribution in [-0.4, -0.2) is 142 Å². The maximum absolute atomic E-state index is 13.4. The third kappa shape index (κ3) is 34.2. The highest BCUT2D eigenvalue weighted by Gasteiger charge is 2.27. The molecule has 53 heteroatoms. The lowest BCUT2D eigenvalue weighted by molar-refractivity contribution is -0.162. The van der Waals surface area contributed by atoms with Crippen molar-refractivity contribution in [3.8, 4) is 46.0 Å². The predicted octanol–water partition coefficient (Wildman–Crippen LogP) is 16.2. The minimum absolute atomic E-state index is 0.00772. The lowest BCUT2D eigenvalue weighted by Gasteiger charge is -2.14. The number of ether oxygens (including phenoxy) is 8. The Balaban J connectivity index is 0.000000215. The van der Waals surface area contributed by atoms with Gasteiger partial charge >= 0.3 is 47.8 Å². The second-order valence-corrected chi connectivity index (χ2v) is 32.3. The Labute approximate surface area is 850 Å². The van der Waals surface area contributed by atoms with Crippen molar-refractivity contribution in [1.82, 2.24) is 39.1 Å². The molecule has 1 atom stereocenters. The van der Waals surface area contributed by atoms with E-state index in [1.165, 1.54) is 121 Å². The summed E-state index contributed by atoms with van der Waals surface area (Å²) in [5, 5.41) is 69.3. The number of esters is 4. The molecule has 4 amide bonds. The first-order chi connectivity index (χ1) is 68.5. The number of aromatic nitrogens is 8. The number of aliphatic carboxylic acids is 4. The van der Waals surface area contributed by atoms with Crippen molar-refractivity contribution in [2.45, 2.75) is 80.0 Å². The number of carbonyl (C=O) groups excluding carboxylic acids is 8. The molecule has 4 aromatic heterocycles. The molecule has 0 saturated carbocycles. The van der Waals surface area contributed by atoms with Gasteiger partial charge in [-0.3, -0.25) is 52.7 Å². The van der Waals surface area contributed by atoms with Gasteiger partial charge in [0.05, 0.1) is 129 Å². The van der Waals surface area contributed by atoms with Gasteiger partial charge < -0.3 is 84.7 Å². The van der Waals surface area contributed by atoms with Crippen LogP contribution in [0.3, 0.4) is 0 Å². The van der Waals surface area contributed by atoms with Crippen molar-refractivity contribution >= 4 is 187 Å². The van der Waals surface area contributed by atoms with E-state index in [2.05, 4.69) is 46.4 Å². The smallest absolute Gasteiger partial charge is 0.337 e. The summed E-state index contributed by atoms with van der Waals surface area (Å²) in [7, 11) is 0. The standard InChI is InChI=1S/C23H18Cl2FN3O8.C23H18Cl2FN3O7.2C23H16Cl2FN3O7/c1-11-4-12(26)2-3-18(11)37-19-7-16(25)15(24)6-14(19)22(34)28-13-5-20(31)29(27-9-13)10-36-23(35)17(30)8-21(32)33;3*1-12-6-13(26)2-3-18(12)36-19-9-17(25)16(24)8-15(19)23(34)28-14-7-20(30)29(27-10-14)11-35-22(33)5-4-21(31)32/h2-7,9,17,30H,8,10H2,1H3,(H,28,34)(H,32,33);2-3,6-10H,4-5,11H2,1H3,(H,28,34)(H,31,32);2*2-10H,11H2,1H3,(H,28,34)(H,31,32)/b;;5-4+;5-4-. The summed E-state index contributed by atoms with van der Waals surface area (Å²) in [5.41, 5.74) is -1.19. The fourth-order valence-electron chi connectivity index (χ4n) is 11.2. The zero-order valence-corrected chi connectivity index (χ0v) is 80.2. The molecule has 0 radical (unpaired) electrons. The van der Waals surface area contributed by atoms with Crippen LogP contribution in [0.5, 0.6) is 46.0 Å². The quantitative estimate of drug-likeness (QED) is 0.00783. The van der Waals surface area contributed by atoms with E-state index in [0.29, 0.717) is 51.2 Å². The van der Waals surface area contributed by atoms with Crippen molar-refractivity contribution in [1.29, 1.82) is 0 Å². The fraction of sp³-hybridized carbons (Fsp3) is 0.130. The normalized spacial score (nSPS) is 10.9. The van der Waals surface area contributed by atoms with Gasteiger partial charge in [-0.05, 0) is 147 Å². The molecule has 12 rings (SSSR count). The van der Waals surface area contributed by atoms with E-state index in [4.69, 9.17) is 146 Å². The molecule has 9 N–H and O–H groups in total. The number of halogens is 12. The summed E-state index contributed by atoms with van der Waals surface area (Å²) >= 11 is 48.6. The van der Waals surface area contributed by atoms with Crippen molar-refractivity contribution in [2.24, 2.45) is 0 Å². The summed E-state index contributed by atoms with van der Waals surface area (Å²) < 4.78 is 98.8. The summed E-state index contributed by atoms with van der Waals surface area (Å²) in [6.45, 7) is 4.07. The monoisotopic (exact) mass is 2160 g/mol. The van der Waals surface area contributed by atoms with Crippen molar-refractivity contribution < 1.29 is 139 Å². The van der Waals surface area contributed by atoms with E-state index >= 15 is 0 Å². The van der Waals surface area contributed by atoms with E-state index in [0.717, 1.165) is 63.1 Å². The lowest BCUT2D eigenvalue weighted by Crippen LogP contribution is -2.30. The second-order valence-electron chi connectivity index (χ2n) is 29.0. The Morgan fingerprint density at radius 1 is 0.331 bits per heavy atom. The minimum atomic E-state index is -1.91. The number of nitrogens with zero attached hydrogens (tertiary/aromatic N) is 8.